The van der Waals surface area contributed by atoms with Crippen LogP contribution in [0, 0.1) is 0 Å². The smallest absolute Gasteiger partial charge is 0.220 e. The standard InChI is InChI=1S/C26H26N2O/c1-26(21-10-4-2-5-11-21,22-12-6-3-7-13-22)19-28-25(29)17-16-20-18-27-24-15-9-8-14-23(20)24/h2-15,18,27H,16-17,19H2,1H3,(H,28,29). The summed E-state index contributed by atoms with van der Waals surface area (Å²) in [5.41, 5.74) is 4.42. The Morgan fingerprint density at radius 1 is 0.862 bits per heavy atom. The van der Waals surface area contributed by atoms with Crippen molar-refractivity contribution >= 4 is 16.8 Å². The number of aromatic nitrogens is 1. The topological polar surface area (TPSA) is 44.9 Å². The van der Waals surface area contributed by atoms with Crippen molar-refractivity contribution in [3.63, 3.8) is 0 Å². The van der Waals surface area contributed by atoms with Crippen LogP contribution >= 0.6 is 0 Å². The maximum atomic E-state index is 12.7. The van der Waals surface area contributed by atoms with E-state index in [1.807, 2.05) is 30.5 Å². The summed E-state index contributed by atoms with van der Waals surface area (Å²) in [6, 6.07) is 29.0. The molecule has 29 heavy (non-hydrogen) atoms. The molecule has 146 valence electrons. The van der Waals surface area contributed by atoms with Crippen LogP contribution in [0.25, 0.3) is 10.9 Å². The molecule has 3 nitrogen and oxygen atoms in total. The van der Waals surface area contributed by atoms with Crippen molar-refractivity contribution in [1.82, 2.24) is 10.3 Å². The lowest BCUT2D eigenvalue weighted by Crippen LogP contribution is -2.39. The molecule has 1 aromatic heterocycles. The van der Waals surface area contributed by atoms with Crippen LogP contribution in [0.4, 0.5) is 0 Å². The zero-order valence-electron chi connectivity index (χ0n) is 16.7. The number of nitrogens with one attached hydrogen (secondary N) is 2. The fourth-order valence-electron chi connectivity index (χ4n) is 3.93. The molecule has 0 radical (unpaired) electrons. The number of hydrogen-bond donors (Lipinski definition) is 2. The van der Waals surface area contributed by atoms with Crippen LogP contribution in [0.1, 0.15) is 30.0 Å². The molecule has 0 saturated carbocycles. The van der Waals surface area contributed by atoms with Gasteiger partial charge >= 0.3 is 0 Å². The molecular formula is C26H26N2O. The first-order valence-electron chi connectivity index (χ1n) is 10.1. The molecule has 4 aromatic rings. The van der Waals surface area contributed by atoms with Crippen molar-refractivity contribution in [3.05, 3.63) is 108 Å². The number of benzene rings is 3. The molecule has 0 spiro atoms. The molecule has 0 unspecified atom stereocenters. The van der Waals surface area contributed by atoms with Crippen LogP contribution in [0.2, 0.25) is 0 Å². The van der Waals surface area contributed by atoms with Crippen LogP contribution in [-0.4, -0.2) is 17.4 Å². The molecule has 0 saturated heterocycles. The number of hydrogen-bond acceptors (Lipinski definition) is 1. The predicted molar refractivity (Wildman–Crippen MR) is 119 cm³/mol. The Balaban J connectivity index is 1.45. The van der Waals surface area contributed by atoms with Crippen LogP contribution in [0.5, 0.6) is 0 Å². The number of amides is 1. The Labute approximate surface area is 171 Å². The fraction of sp³-hybridized carbons (Fsp3) is 0.192. The first-order chi connectivity index (χ1) is 14.2. The normalized spacial score (nSPS) is 11.5. The number of H-pyrrole nitrogens is 1. The van der Waals surface area contributed by atoms with Crippen molar-refractivity contribution in [2.45, 2.75) is 25.2 Å². The van der Waals surface area contributed by atoms with Crippen molar-refractivity contribution in [1.29, 1.82) is 0 Å². The monoisotopic (exact) mass is 382 g/mol. The largest absolute Gasteiger partial charge is 0.361 e. The molecule has 0 aliphatic heterocycles. The molecule has 0 atom stereocenters. The Hall–Kier alpha value is -3.33. The first kappa shape index (κ1) is 19.0. The lowest BCUT2D eigenvalue weighted by atomic mass is 9.76. The molecule has 4 rings (SSSR count). The minimum atomic E-state index is -0.279. The van der Waals surface area contributed by atoms with Gasteiger partial charge in [0.15, 0.2) is 0 Å². The number of carbonyl (C=O) groups is 1. The summed E-state index contributed by atoms with van der Waals surface area (Å²) >= 11 is 0. The van der Waals surface area contributed by atoms with Gasteiger partial charge in [0.25, 0.3) is 0 Å². The molecule has 3 heteroatoms. The maximum absolute atomic E-state index is 12.7. The highest BCUT2D eigenvalue weighted by atomic mass is 16.1. The second-order valence-corrected chi connectivity index (χ2v) is 7.70. The van der Waals surface area contributed by atoms with E-state index in [0.717, 1.165) is 11.9 Å². The van der Waals surface area contributed by atoms with Gasteiger partial charge in [-0.3, -0.25) is 4.79 Å². The quantitative estimate of drug-likeness (QED) is 0.452. The molecule has 0 bridgehead atoms. The summed E-state index contributed by atoms with van der Waals surface area (Å²) in [4.78, 5) is 15.9. The third-order valence-corrected chi connectivity index (χ3v) is 5.76. The van der Waals surface area contributed by atoms with Gasteiger partial charge in [0.2, 0.25) is 5.91 Å². The average molecular weight is 383 g/mol. The van der Waals surface area contributed by atoms with Crippen molar-refractivity contribution in [3.8, 4) is 0 Å². The summed E-state index contributed by atoms with van der Waals surface area (Å²) in [7, 11) is 0. The highest BCUT2D eigenvalue weighted by Crippen LogP contribution is 2.31. The Morgan fingerprint density at radius 2 is 1.45 bits per heavy atom. The van der Waals surface area contributed by atoms with Gasteiger partial charge in [0.05, 0.1) is 0 Å². The Bertz CT molecular complexity index is 1040. The number of carbonyl (C=O) groups excluding carboxylic acids is 1. The number of fused-ring (bicyclic) bond motifs is 1. The third kappa shape index (κ3) is 4.09. The number of aryl methyl sites for hydroxylation is 1. The van der Waals surface area contributed by atoms with Crippen LogP contribution in [0.15, 0.2) is 91.1 Å². The zero-order chi connectivity index (χ0) is 20.1. The van der Waals surface area contributed by atoms with Gasteiger partial charge in [-0.05, 0) is 36.1 Å². The average Bonchev–Trinajstić information content (AvgIpc) is 3.20. The van der Waals surface area contributed by atoms with Crippen molar-refractivity contribution < 1.29 is 4.79 Å². The highest BCUT2D eigenvalue weighted by Gasteiger charge is 2.29. The minimum absolute atomic E-state index is 0.0772. The van der Waals surface area contributed by atoms with Gasteiger partial charge in [-0.1, -0.05) is 78.9 Å². The molecule has 0 aliphatic carbocycles. The van der Waals surface area contributed by atoms with Crippen molar-refractivity contribution in [2.24, 2.45) is 0 Å². The summed E-state index contributed by atoms with van der Waals surface area (Å²) in [6.45, 7) is 2.76. The number of para-hydroxylation sites is 1. The predicted octanol–water partition coefficient (Wildman–Crippen LogP) is 5.22. The number of rotatable bonds is 7. The van der Waals surface area contributed by atoms with Gasteiger partial charge in [-0.2, -0.15) is 0 Å². The van der Waals surface area contributed by atoms with E-state index in [-0.39, 0.29) is 11.3 Å². The van der Waals surface area contributed by atoms with E-state index in [1.165, 1.54) is 22.1 Å². The lowest BCUT2D eigenvalue weighted by Gasteiger charge is -2.31. The summed E-state index contributed by atoms with van der Waals surface area (Å²) in [5, 5.41) is 4.37. The minimum Gasteiger partial charge on any atom is -0.361 e. The van der Waals surface area contributed by atoms with Gasteiger partial charge in [-0.15, -0.1) is 0 Å². The summed E-state index contributed by atoms with van der Waals surface area (Å²) in [5.74, 6) is 0.0772. The van der Waals surface area contributed by atoms with E-state index in [1.54, 1.807) is 0 Å². The van der Waals surface area contributed by atoms with Crippen LogP contribution in [0.3, 0.4) is 0 Å². The Kier molecular flexibility index (Phi) is 5.48. The number of aromatic amines is 1. The van der Waals surface area contributed by atoms with Crippen LogP contribution in [-0.2, 0) is 16.6 Å². The summed E-state index contributed by atoms with van der Waals surface area (Å²) in [6.07, 6.45) is 3.21. The lowest BCUT2D eigenvalue weighted by molar-refractivity contribution is -0.121. The molecule has 0 aliphatic rings. The molecule has 2 N–H and O–H groups in total. The zero-order valence-corrected chi connectivity index (χ0v) is 16.7. The third-order valence-electron chi connectivity index (χ3n) is 5.76. The van der Waals surface area contributed by atoms with E-state index >= 15 is 0 Å². The highest BCUT2D eigenvalue weighted by molar-refractivity contribution is 5.84. The Morgan fingerprint density at radius 3 is 2.10 bits per heavy atom. The molecule has 3 aromatic carbocycles. The van der Waals surface area contributed by atoms with Crippen molar-refractivity contribution in [2.75, 3.05) is 6.54 Å². The second-order valence-electron chi connectivity index (χ2n) is 7.70. The van der Waals surface area contributed by atoms with E-state index < -0.39 is 0 Å². The van der Waals surface area contributed by atoms with E-state index in [9.17, 15) is 4.79 Å². The van der Waals surface area contributed by atoms with E-state index in [0.29, 0.717) is 13.0 Å². The second kappa shape index (κ2) is 8.36. The van der Waals surface area contributed by atoms with Gasteiger partial charge in [0.1, 0.15) is 0 Å². The van der Waals surface area contributed by atoms with Crippen LogP contribution < -0.4 is 5.32 Å². The SMILES string of the molecule is CC(CNC(=O)CCc1c[nH]c2ccccc12)(c1ccccc1)c1ccccc1. The molecule has 1 amide bonds. The fourth-order valence-corrected chi connectivity index (χ4v) is 3.93. The molecule has 0 fully saturated rings. The maximum Gasteiger partial charge on any atom is 0.220 e. The van der Waals surface area contributed by atoms with Gasteiger partial charge < -0.3 is 10.3 Å². The molecular weight excluding hydrogens is 356 g/mol. The first-order valence-corrected chi connectivity index (χ1v) is 10.1. The molecule has 1 heterocycles. The summed E-state index contributed by atoms with van der Waals surface area (Å²) < 4.78 is 0. The van der Waals surface area contributed by atoms with Gasteiger partial charge in [-0.25, -0.2) is 0 Å². The van der Waals surface area contributed by atoms with E-state index in [2.05, 4.69) is 77.9 Å². The van der Waals surface area contributed by atoms with Gasteiger partial charge in [0, 0.05) is 35.5 Å². The van der Waals surface area contributed by atoms with E-state index in [4.69, 9.17) is 0 Å².